The fraction of sp³-hybridized carbons (Fsp3) is 0.278. The highest BCUT2D eigenvalue weighted by molar-refractivity contribution is 5.96. The van der Waals surface area contributed by atoms with Crippen molar-refractivity contribution in [3.63, 3.8) is 0 Å². The van der Waals surface area contributed by atoms with E-state index in [1.165, 1.54) is 12.1 Å². The van der Waals surface area contributed by atoms with Gasteiger partial charge in [-0.05, 0) is 49.2 Å². The van der Waals surface area contributed by atoms with Crippen molar-refractivity contribution in [1.29, 1.82) is 0 Å². The Hall–Kier alpha value is -2.40. The van der Waals surface area contributed by atoms with Crippen LogP contribution >= 0.6 is 0 Å². The number of carbonyl (C=O) groups excluding carboxylic acids is 1. The zero-order chi connectivity index (χ0) is 16.8. The number of rotatable bonds is 6. The number of nitrogens with one attached hydrogen (secondary N) is 2. The Morgan fingerprint density at radius 3 is 2.78 bits per heavy atom. The van der Waals surface area contributed by atoms with E-state index in [0.717, 1.165) is 16.8 Å². The van der Waals surface area contributed by atoms with Gasteiger partial charge in [0.1, 0.15) is 11.9 Å². The summed E-state index contributed by atoms with van der Waals surface area (Å²) in [6.45, 7) is 4.09. The number of aryl methyl sites for hydroxylation is 1. The van der Waals surface area contributed by atoms with Gasteiger partial charge in [0.05, 0.1) is 6.61 Å². The number of ether oxygens (including phenoxy) is 1. The van der Waals surface area contributed by atoms with Crippen LogP contribution in [0.3, 0.4) is 0 Å². The van der Waals surface area contributed by atoms with E-state index in [1.54, 1.807) is 20.1 Å². The van der Waals surface area contributed by atoms with Crippen LogP contribution in [0.15, 0.2) is 42.5 Å². The molecular weight excluding hydrogens is 295 g/mol. The molecule has 0 aliphatic carbocycles. The molecule has 0 radical (unpaired) electrons. The highest BCUT2D eigenvalue weighted by Gasteiger charge is 2.14. The summed E-state index contributed by atoms with van der Waals surface area (Å²) in [6.07, 6.45) is 0. The van der Waals surface area contributed by atoms with Crippen LogP contribution in [0.5, 0.6) is 0 Å². The van der Waals surface area contributed by atoms with Crippen molar-refractivity contribution >= 4 is 17.3 Å². The van der Waals surface area contributed by atoms with Gasteiger partial charge in [-0.15, -0.1) is 0 Å². The lowest BCUT2D eigenvalue weighted by molar-refractivity contribution is -0.116. The Balaban J connectivity index is 2.02. The van der Waals surface area contributed by atoms with Gasteiger partial charge in [-0.25, -0.2) is 4.39 Å². The number of hydrogen-bond acceptors (Lipinski definition) is 3. The van der Waals surface area contributed by atoms with E-state index in [-0.39, 0.29) is 11.7 Å². The average Bonchev–Trinajstić information content (AvgIpc) is 2.51. The molecule has 0 bridgehead atoms. The molecule has 2 aromatic rings. The minimum Gasteiger partial charge on any atom is -0.380 e. The third-order valence-electron chi connectivity index (χ3n) is 3.47. The van der Waals surface area contributed by atoms with E-state index < -0.39 is 6.04 Å². The maximum absolute atomic E-state index is 13.3. The summed E-state index contributed by atoms with van der Waals surface area (Å²) in [6, 6.07) is 11.5. The molecule has 0 saturated heterocycles. The van der Waals surface area contributed by atoms with Gasteiger partial charge in [-0.2, -0.15) is 0 Å². The summed E-state index contributed by atoms with van der Waals surface area (Å²) in [7, 11) is 1.64. The van der Waals surface area contributed by atoms with Gasteiger partial charge in [0.15, 0.2) is 0 Å². The summed E-state index contributed by atoms with van der Waals surface area (Å²) >= 11 is 0. The van der Waals surface area contributed by atoms with Gasteiger partial charge in [0, 0.05) is 18.5 Å². The first-order valence-corrected chi connectivity index (χ1v) is 7.41. The lowest BCUT2D eigenvalue weighted by Crippen LogP contribution is -2.32. The number of methoxy groups -OCH3 is 1. The molecule has 4 nitrogen and oxygen atoms in total. The molecule has 0 fully saturated rings. The van der Waals surface area contributed by atoms with Gasteiger partial charge in [-0.3, -0.25) is 4.79 Å². The molecule has 0 aliphatic rings. The third kappa shape index (κ3) is 4.79. The lowest BCUT2D eigenvalue weighted by atomic mass is 10.1. The molecule has 2 aromatic carbocycles. The monoisotopic (exact) mass is 316 g/mol. The van der Waals surface area contributed by atoms with Crippen LogP contribution in [-0.4, -0.2) is 19.1 Å². The van der Waals surface area contributed by atoms with Crippen LogP contribution in [-0.2, 0) is 16.1 Å². The molecule has 122 valence electrons. The summed E-state index contributed by atoms with van der Waals surface area (Å²) in [4.78, 5) is 12.3. The Morgan fingerprint density at radius 1 is 1.26 bits per heavy atom. The first-order valence-electron chi connectivity index (χ1n) is 7.41. The number of benzene rings is 2. The molecule has 0 heterocycles. The molecule has 2 rings (SSSR count). The SMILES string of the molecule is COCc1cccc(NC(C)C(=O)Nc2cc(F)ccc2C)c1. The van der Waals surface area contributed by atoms with Crippen molar-refractivity contribution in [1.82, 2.24) is 0 Å². The normalized spacial score (nSPS) is 11.8. The van der Waals surface area contributed by atoms with Gasteiger partial charge in [0.2, 0.25) is 5.91 Å². The first-order chi connectivity index (χ1) is 11.0. The Morgan fingerprint density at radius 2 is 2.04 bits per heavy atom. The number of anilines is 2. The molecule has 1 amide bonds. The lowest BCUT2D eigenvalue weighted by Gasteiger charge is -2.17. The van der Waals surface area contributed by atoms with E-state index in [0.29, 0.717) is 12.3 Å². The number of amides is 1. The molecule has 2 N–H and O–H groups in total. The molecule has 23 heavy (non-hydrogen) atoms. The number of carbonyl (C=O) groups is 1. The molecule has 1 atom stereocenters. The van der Waals surface area contributed by atoms with Crippen LogP contribution in [0.1, 0.15) is 18.1 Å². The standard InChI is InChI=1S/C18H21FN2O2/c1-12-7-8-15(19)10-17(12)21-18(22)13(2)20-16-6-4-5-14(9-16)11-23-3/h4-10,13,20H,11H2,1-3H3,(H,21,22). The van der Waals surface area contributed by atoms with E-state index in [1.807, 2.05) is 31.2 Å². The quantitative estimate of drug-likeness (QED) is 0.854. The van der Waals surface area contributed by atoms with Gasteiger partial charge in [0.25, 0.3) is 0 Å². The highest BCUT2D eigenvalue weighted by Crippen LogP contribution is 2.17. The Bertz CT molecular complexity index is 688. The van der Waals surface area contributed by atoms with Gasteiger partial charge in [-0.1, -0.05) is 18.2 Å². The summed E-state index contributed by atoms with van der Waals surface area (Å²) in [5.74, 6) is -0.602. The number of hydrogen-bond donors (Lipinski definition) is 2. The number of halogens is 1. The van der Waals surface area contributed by atoms with Crippen molar-refractivity contribution in [3.05, 3.63) is 59.4 Å². The van der Waals surface area contributed by atoms with Crippen LogP contribution < -0.4 is 10.6 Å². The van der Waals surface area contributed by atoms with Crippen molar-refractivity contribution < 1.29 is 13.9 Å². The molecule has 0 aliphatic heterocycles. The van der Waals surface area contributed by atoms with Crippen LogP contribution in [0.25, 0.3) is 0 Å². The van der Waals surface area contributed by atoms with Crippen LogP contribution in [0.4, 0.5) is 15.8 Å². The first kappa shape index (κ1) is 17.0. The van der Waals surface area contributed by atoms with Crippen molar-refractivity contribution in [2.45, 2.75) is 26.5 Å². The van der Waals surface area contributed by atoms with Crippen LogP contribution in [0, 0.1) is 12.7 Å². The average molecular weight is 316 g/mol. The molecule has 0 saturated carbocycles. The zero-order valence-corrected chi connectivity index (χ0v) is 13.5. The topological polar surface area (TPSA) is 50.4 Å². The predicted octanol–water partition coefficient (Wildman–Crippen LogP) is 3.72. The van der Waals surface area contributed by atoms with Crippen LogP contribution in [0.2, 0.25) is 0 Å². The molecule has 0 spiro atoms. The van der Waals surface area contributed by atoms with E-state index >= 15 is 0 Å². The second-order valence-electron chi connectivity index (χ2n) is 5.45. The van der Waals surface area contributed by atoms with Crippen molar-refractivity contribution in [3.8, 4) is 0 Å². The predicted molar refractivity (Wildman–Crippen MR) is 90.0 cm³/mol. The zero-order valence-electron chi connectivity index (χ0n) is 13.5. The highest BCUT2D eigenvalue weighted by atomic mass is 19.1. The summed E-state index contributed by atoms with van der Waals surface area (Å²) in [5, 5.41) is 5.88. The fourth-order valence-corrected chi connectivity index (χ4v) is 2.20. The second-order valence-corrected chi connectivity index (χ2v) is 5.45. The molecular formula is C18H21FN2O2. The minimum atomic E-state index is -0.463. The molecule has 0 aromatic heterocycles. The molecule has 5 heteroatoms. The largest absolute Gasteiger partial charge is 0.380 e. The van der Waals surface area contributed by atoms with Gasteiger partial charge >= 0.3 is 0 Å². The second kappa shape index (κ2) is 7.74. The Labute approximate surface area is 135 Å². The van der Waals surface area contributed by atoms with E-state index in [9.17, 15) is 9.18 Å². The third-order valence-corrected chi connectivity index (χ3v) is 3.47. The maximum atomic E-state index is 13.3. The minimum absolute atomic E-state index is 0.226. The van der Waals surface area contributed by atoms with Gasteiger partial charge < -0.3 is 15.4 Å². The Kier molecular flexibility index (Phi) is 5.71. The van der Waals surface area contributed by atoms with E-state index in [4.69, 9.17) is 4.74 Å². The smallest absolute Gasteiger partial charge is 0.246 e. The van der Waals surface area contributed by atoms with Crippen molar-refractivity contribution in [2.24, 2.45) is 0 Å². The fourth-order valence-electron chi connectivity index (χ4n) is 2.20. The van der Waals surface area contributed by atoms with E-state index in [2.05, 4.69) is 10.6 Å². The maximum Gasteiger partial charge on any atom is 0.246 e. The molecule has 1 unspecified atom stereocenters. The summed E-state index contributed by atoms with van der Waals surface area (Å²) < 4.78 is 18.4. The summed E-state index contributed by atoms with van der Waals surface area (Å²) in [5.41, 5.74) is 3.15. The van der Waals surface area contributed by atoms with Crippen molar-refractivity contribution in [2.75, 3.05) is 17.7 Å².